The first kappa shape index (κ1) is 18.1. The molecule has 2 aromatic heterocycles. The predicted molar refractivity (Wildman–Crippen MR) is 105 cm³/mol. The standard InChI is InChI=1S/C20H21FN4OS/c1-13-23-24-19(27-13)14-3-4-15-12-22-17(10-16(15)9-14)11-18(26)20(21)5-7-25(2)8-6-20/h3-4,9-10,12H,5-8,11H2,1-2H3. The number of pyridine rings is 1. The molecular weight excluding hydrogens is 363 g/mol. The third kappa shape index (κ3) is 3.75. The van der Waals surface area contributed by atoms with E-state index in [0.29, 0.717) is 18.8 Å². The molecule has 0 saturated carbocycles. The maximum absolute atomic E-state index is 15.0. The molecule has 1 saturated heterocycles. The Labute approximate surface area is 161 Å². The van der Waals surface area contributed by atoms with Crippen LogP contribution in [0, 0.1) is 6.92 Å². The molecule has 1 aliphatic heterocycles. The highest BCUT2D eigenvalue weighted by Gasteiger charge is 2.40. The fraction of sp³-hybridized carbons (Fsp3) is 0.400. The minimum absolute atomic E-state index is 0.0261. The van der Waals surface area contributed by atoms with E-state index in [4.69, 9.17) is 0 Å². The van der Waals surface area contributed by atoms with Crippen LogP contribution in [0.3, 0.4) is 0 Å². The average molecular weight is 384 g/mol. The number of Topliss-reactive ketones (excluding diaryl/α,β-unsaturated/α-hetero) is 1. The van der Waals surface area contributed by atoms with Crippen molar-refractivity contribution >= 4 is 27.9 Å². The van der Waals surface area contributed by atoms with Crippen LogP contribution in [-0.2, 0) is 11.2 Å². The summed E-state index contributed by atoms with van der Waals surface area (Å²) >= 11 is 1.54. The van der Waals surface area contributed by atoms with Gasteiger partial charge in [-0.25, -0.2) is 4.39 Å². The van der Waals surface area contributed by atoms with Crippen LogP contribution in [0.2, 0.25) is 0 Å². The number of halogens is 1. The molecule has 1 aromatic carbocycles. The van der Waals surface area contributed by atoms with Crippen LogP contribution in [-0.4, -0.2) is 51.7 Å². The number of aryl methyl sites for hydroxylation is 1. The molecule has 1 aliphatic rings. The number of alkyl halides is 1. The lowest BCUT2D eigenvalue weighted by Crippen LogP contribution is -2.45. The van der Waals surface area contributed by atoms with E-state index < -0.39 is 5.67 Å². The molecule has 27 heavy (non-hydrogen) atoms. The Bertz CT molecular complexity index is 995. The molecule has 0 unspecified atom stereocenters. The molecule has 0 aliphatic carbocycles. The first-order chi connectivity index (χ1) is 12.9. The summed E-state index contributed by atoms with van der Waals surface area (Å²) in [6.45, 7) is 3.14. The third-order valence-corrected chi connectivity index (χ3v) is 6.06. The first-order valence-electron chi connectivity index (χ1n) is 9.03. The second-order valence-electron chi connectivity index (χ2n) is 7.23. The van der Waals surface area contributed by atoms with Crippen molar-refractivity contribution in [2.45, 2.75) is 31.9 Å². The minimum Gasteiger partial charge on any atom is -0.306 e. The number of piperidine rings is 1. The maximum Gasteiger partial charge on any atom is 0.175 e. The zero-order valence-electron chi connectivity index (χ0n) is 15.4. The molecule has 7 heteroatoms. The summed E-state index contributed by atoms with van der Waals surface area (Å²) in [5.74, 6) is -0.363. The van der Waals surface area contributed by atoms with Crippen LogP contribution >= 0.6 is 11.3 Å². The van der Waals surface area contributed by atoms with Gasteiger partial charge in [-0.15, -0.1) is 10.2 Å². The molecule has 3 aromatic rings. The number of hydrogen-bond acceptors (Lipinski definition) is 6. The van der Waals surface area contributed by atoms with Crippen molar-refractivity contribution < 1.29 is 9.18 Å². The van der Waals surface area contributed by atoms with Crippen molar-refractivity contribution in [2.75, 3.05) is 20.1 Å². The molecule has 0 spiro atoms. The quantitative estimate of drug-likeness (QED) is 0.688. The highest BCUT2D eigenvalue weighted by molar-refractivity contribution is 7.14. The van der Waals surface area contributed by atoms with Gasteiger partial charge in [0.05, 0.1) is 6.42 Å². The zero-order valence-corrected chi connectivity index (χ0v) is 16.2. The number of nitrogens with zero attached hydrogens (tertiary/aromatic N) is 4. The normalized spacial score (nSPS) is 17.3. The van der Waals surface area contributed by atoms with Crippen molar-refractivity contribution in [1.82, 2.24) is 20.1 Å². The number of benzene rings is 1. The summed E-state index contributed by atoms with van der Waals surface area (Å²) < 4.78 is 15.0. The molecule has 3 heterocycles. The zero-order chi connectivity index (χ0) is 19.0. The number of carbonyl (C=O) groups is 1. The highest BCUT2D eigenvalue weighted by Crippen LogP contribution is 2.30. The van der Waals surface area contributed by atoms with Crippen molar-refractivity contribution in [3.63, 3.8) is 0 Å². The van der Waals surface area contributed by atoms with Gasteiger partial charge in [-0.2, -0.15) is 0 Å². The van der Waals surface area contributed by atoms with E-state index in [0.717, 1.165) is 26.4 Å². The Hall–Kier alpha value is -2.25. The van der Waals surface area contributed by atoms with E-state index in [-0.39, 0.29) is 25.0 Å². The van der Waals surface area contributed by atoms with Crippen molar-refractivity contribution in [2.24, 2.45) is 0 Å². The van der Waals surface area contributed by atoms with E-state index in [1.807, 2.05) is 38.2 Å². The molecule has 4 rings (SSSR count). The van der Waals surface area contributed by atoms with E-state index in [9.17, 15) is 4.79 Å². The van der Waals surface area contributed by atoms with Gasteiger partial charge in [-0.1, -0.05) is 23.5 Å². The topological polar surface area (TPSA) is 59.0 Å². The van der Waals surface area contributed by atoms with Crippen molar-refractivity contribution in [1.29, 1.82) is 0 Å². The summed E-state index contributed by atoms with van der Waals surface area (Å²) in [5, 5.41) is 12.0. The summed E-state index contributed by atoms with van der Waals surface area (Å²) in [5.41, 5.74) is -0.141. The minimum atomic E-state index is -1.73. The molecule has 0 bridgehead atoms. The van der Waals surface area contributed by atoms with E-state index in [1.54, 1.807) is 6.20 Å². The summed E-state index contributed by atoms with van der Waals surface area (Å²) in [6.07, 6.45) is 2.29. The third-order valence-electron chi connectivity index (χ3n) is 5.17. The van der Waals surface area contributed by atoms with Crippen molar-refractivity contribution in [3.05, 3.63) is 41.2 Å². The summed E-state index contributed by atoms with van der Waals surface area (Å²) in [7, 11) is 1.95. The molecule has 1 fully saturated rings. The lowest BCUT2D eigenvalue weighted by molar-refractivity contribution is -0.132. The predicted octanol–water partition coefficient (Wildman–Crippen LogP) is 3.61. The van der Waals surface area contributed by atoms with Crippen LogP contribution in [0.4, 0.5) is 4.39 Å². The first-order valence-corrected chi connectivity index (χ1v) is 9.84. The molecule has 5 nitrogen and oxygen atoms in total. The van der Waals surface area contributed by atoms with Gasteiger partial charge in [0.25, 0.3) is 0 Å². The van der Waals surface area contributed by atoms with Crippen LogP contribution in [0.1, 0.15) is 23.5 Å². The number of rotatable bonds is 4. The smallest absolute Gasteiger partial charge is 0.175 e. The van der Waals surface area contributed by atoms with Gasteiger partial charge in [-0.05, 0) is 31.5 Å². The molecular formula is C20H21FN4OS. The van der Waals surface area contributed by atoms with Crippen LogP contribution < -0.4 is 0 Å². The largest absolute Gasteiger partial charge is 0.306 e. The van der Waals surface area contributed by atoms with Gasteiger partial charge >= 0.3 is 0 Å². The van der Waals surface area contributed by atoms with Gasteiger partial charge < -0.3 is 4.90 Å². The Morgan fingerprint density at radius 1 is 1.22 bits per heavy atom. The van der Waals surface area contributed by atoms with Crippen LogP contribution in [0.15, 0.2) is 30.5 Å². The van der Waals surface area contributed by atoms with Crippen LogP contribution in [0.5, 0.6) is 0 Å². The number of ketones is 1. The monoisotopic (exact) mass is 384 g/mol. The molecule has 0 atom stereocenters. The number of hydrogen-bond donors (Lipinski definition) is 0. The number of aromatic nitrogens is 3. The average Bonchev–Trinajstić information content (AvgIpc) is 3.10. The summed E-state index contributed by atoms with van der Waals surface area (Å²) in [4.78, 5) is 19.0. The Morgan fingerprint density at radius 2 is 2.00 bits per heavy atom. The second-order valence-corrected chi connectivity index (χ2v) is 8.41. The lowest BCUT2D eigenvalue weighted by Gasteiger charge is -2.33. The van der Waals surface area contributed by atoms with Gasteiger partial charge in [0.1, 0.15) is 10.0 Å². The Balaban J connectivity index is 1.58. The van der Waals surface area contributed by atoms with Gasteiger partial charge in [0.2, 0.25) is 0 Å². The van der Waals surface area contributed by atoms with Crippen LogP contribution in [0.25, 0.3) is 21.3 Å². The Kier molecular flexibility index (Phi) is 4.74. The highest BCUT2D eigenvalue weighted by atomic mass is 32.1. The lowest BCUT2D eigenvalue weighted by atomic mass is 9.87. The molecule has 0 amide bonds. The maximum atomic E-state index is 15.0. The van der Waals surface area contributed by atoms with Crippen molar-refractivity contribution in [3.8, 4) is 10.6 Å². The number of fused-ring (bicyclic) bond motifs is 1. The SMILES string of the molecule is Cc1nnc(-c2ccc3cnc(CC(=O)C4(F)CCN(C)CC4)cc3c2)s1. The molecule has 0 N–H and O–H groups in total. The fourth-order valence-electron chi connectivity index (χ4n) is 3.40. The molecule has 0 radical (unpaired) electrons. The molecule has 140 valence electrons. The van der Waals surface area contributed by atoms with E-state index in [1.165, 1.54) is 11.3 Å². The summed E-state index contributed by atoms with van der Waals surface area (Å²) in [6, 6.07) is 7.87. The van der Waals surface area contributed by atoms with E-state index in [2.05, 4.69) is 20.1 Å². The van der Waals surface area contributed by atoms with Gasteiger partial charge in [0, 0.05) is 48.8 Å². The van der Waals surface area contributed by atoms with E-state index >= 15 is 4.39 Å². The van der Waals surface area contributed by atoms with Gasteiger partial charge in [-0.3, -0.25) is 9.78 Å². The second kappa shape index (κ2) is 7.05. The van der Waals surface area contributed by atoms with Gasteiger partial charge in [0.15, 0.2) is 11.5 Å². The number of carbonyl (C=O) groups excluding carboxylic acids is 1. The fourth-order valence-corrected chi connectivity index (χ4v) is 4.09. The number of likely N-dealkylation sites (tertiary alicyclic amines) is 1. The Morgan fingerprint density at radius 3 is 2.70 bits per heavy atom.